The fourth-order valence-corrected chi connectivity index (χ4v) is 2.58. The molecule has 3 nitrogen and oxygen atoms in total. The summed E-state index contributed by atoms with van der Waals surface area (Å²) >= 11 is 0. The molecule has 0 saturated carbocycles. The molecule has 0 bridgehead atoms. The smallest absolute Gasteiger partial charge is 0.0702 e. The van der Waals surface area contributed by atoms with Crippen molar-refractivity contribution < 1.29 is 5.11 Å². The van der Waals surface area contributed by atoms with Crippen LogP contribution in [0.3, 0.4) is 0 Å². The molecule has 0 spiro atoms. The quantitative estimate of drug-likeness (QED) is 0.792. The number of aliphatic hydroxyl groups is 1. The van der Waals surface area contributed by atoms with Gasteiger partial charge in [0.15, 0.2) is 0 Å². The van der Waals surface area contributed by atoms with Crippen molar-refractivity contribution in [1.82, 2.24) is 9.78 Å². The van der Waals surface area contributed by atoms with Gasteiger partial charge in [0.05, 0.1) is 11.3 Å². The highest BCUT2D eigenvalue weighted by Crippen LogP contribution is 2.24. The molecule has 1 aromatic rings. The van der Waals surface area contributed by atoms with Crippen LogP contribution in [0.4, 0.5) is 0 Å². The number of hydrogen-bond donors (Lipinski definition) is 1. The van der Waals surface area contributed by atoms with Gasteiger partial charge in [-0.3, -0.25) is 4.68 Å². The van der Waals surface area contributed by atoms with Crippen molar-refractivity contribution in [3.63, 3.8) is 0 Å². The van der Waals surface area contributed by atoms with Gasteiger partial charge < -0.3 is 5.11 Å². The molecule has 1 N–H and O–H groups in total. The van der Waals surface area contributed by atoms with Crippen molar-refractivity contribution in [3.8, 4) is 0 Å². The fourth-order valence-electron chi connectivity index (χ4n) is 2.58. The largest absolute Gasteiger partial charge is 0.389 e. The van der Waals surface area contributed by atoms with E-state index in [9.17, 15) is 5.11 Å². The standard InChI is InChI=1S/C14H26N2O/c1-5-8-14(17,9-6-2)11-13-10-12(4)15-16(13)7-3/h10,17H,5-9,11H2,1-4H3. The van der Waals surface area contributed by atoms with Crippen molar-refractivity contribution in [3.05, 3.63) is 17.5 Å². The number of aryl methyl sites for hydroxylation is 2. The third kappa shape index (κ3) is 3.84. The van der Waals surface area contributed by atoms with Crippen LogP contribution in [0.2, 0.25) is 0 Å². The van der Waals surface area contributed by atoms with Crippen LogP contribution in [0.1, 0.15) is 57.8 Å². The second-order valence-electron chi connectivity index (χ2n) is 4.99. The van der Waals surface area contributed by atoms with Crippen LogP contribution >= 0.6 is 0 Å². The molecule has 0 saturated heterocycles. The lowest BCUT2D eigenvalue weighted by molar-refractivity contribution is 0.0198. The van der Waals surface area contributed by atoms with E-state index in [1.165, 1.54) is 0 Å². The summed E-state index contributed by atoms with van der Waals surface area (Å²) in [7, 11) is 0. The summed E-state index contributed by atoms with van der Waals surface area (Å²) in [5.74, 6) is 0. The summed E-state index contributed by atoms with van der Waals surface area (Å²) in [5, 5.41) is 15.1. The molecule has 0 aromatic carbocycles. The van der Waals surface area contributed by atoms with Crippen LogP contribution in [-0.2, 0) is 13.0 Å². The third-order valence-electron chi connectivity index (χ3n) is 3.23. The first-order valence-corrected chi connectivity index (χ1v) is 6.80. The summed E-state index contributed by atoms with van der Waals surface area (Å²) in [4.78, 5) is 0. The van der Waals surface area contributed by atoms with Gasteiger partial charge in [-0.05, 0) is 32.8 Å². The predicted molar refractivity (Wildman–Crippen MR) is 71.1 cm³/mol. The van der Waals surface area contributed by atoms with Gasteiger partial charge in [0.2, 0.25) is 0 Å². The fraction of sp³-hybridized carbons (Fsp3) is 0.786. The van der Waals surface area contributed by atoms with E-state index >= 15 is 0 Å². The molecule has 98 valence electrons. The Hall–Kier alpha value is -0.830. The summed E-state index contributed by atoms with van der Waals surface area (Å²) in [6.07, 6.45) is 4.51. The van der Waals surface area contributed by atoms with Crippen LogP contribution in [0.5, 0.6) is 0 Å². The Morgan fingerprint density at radius 1 is 1.24 bits per heavy atom. The maximum atomic E-state index is 10.7. The molecule has 0 atom stereocenters. The van der Waals surface area contributed by atoms with E-state index in [0.29, 0.717) is 0 Å². The van der Waals surface area contributed by atoms with E-state index in [1.807, 2.05) is 11.6 Å². The van der Waals surface area contributed by atoms with Crippen LogP contribution < -0.4 is 0 Å². The Balaban J connectivity index is 2.84. The van der Waals surface area contributed by atoms with Gasteiger partial charge in [-0.15, -0.1) is 0 Å². The maximum absolute atomic E-state index is 10.7. The second-order valence-corrected chi connectivity index (χ2v) is 4.99. The number of aromatic nitrogens is 2. The van der Waals surface area contributed by atoms with Gasteiger partial charge in [-0.25, -0.2) is 0 Å². The maximum Gasteiger partial charge on any atom is 0.0702 e. The minimum absolute atomic E-state index is 0.553. The average molecular weight is 238 g/mol. The molecule has 1 aromatic heterocycles. The SMILES string of the molecule is CCCC(O)(CCC)Cc1cc(C)nn1CC. The molecular weight excluding hydrogens is 212 g/mol. The van der Waals surface area contributed by atoms with Crippen LogP contribution in [-0.4, -0.2) is 20.5 Å². The van der Waals surface area contributed by atoms with Crippen LogP contribution in [0.15, 0.2) is 6.07 Å². The molecule has 3 heteroatoms. The van der Waals surface area contributed by atoms with E-state index in [4.69, 9.17) is 0 Å². The predicted octanol–water partition coefficient (Wildman–Crippen LogP) is 3.09. The molecule has 0 aliphatic heterocycles. The van der Waals surface area contributed by atoms with E-state index in [1.54, 1.807) is 0 Å². The Bertz CT molecular complexity index is 338. The van der Waals surface area contributed by atoms with E-state index in [2.05, 4.69) is 31.9 Å². The first-order valence-electron chi connectivity index (χ1n) is 6.80. The molecule has 0 radical (unpaired) electrons. The summed E-state index contributed by atoms with van der Waals surface area (Å²) in [6.45, 7) is 9.23. The third-order valence-corrected chi connectivity index (χ3v) is 3.23. The van der Waals surface area contributed by atoms with Gasteiger partial charge >= 0.3 is 0 Å². The summed E-state index contributed by atoms with van der Waals surface area (Å²) < 4.78 is 2.01. The van der Waals surface area contributed by atoms with Gasteiger partial charge in [0.1, 0.15) is 0 Å². The zero-order chi connectivity index (χ0) is 12.9. The minimum atomic E-state index is -0.553. The molecule has 0 aliphatic rings. The van der Waals surface area contributed by atoms with E-state index in [0.717, 1.165) is 50.0 Å². The van der Waals surface area contributed by atoms with Crippen LogP contribution in [0, 0.1) is 6.92 Å². The number of hydrogen-bond acceptors (Lipinski definition) is 2. The molecule has 17 heavy (non-hydrogen) atoms. The van der Waals surface area contributed by atoms with Crippen molar-refractivity contribution in [2.75, 3.05) is 0 Å². The van der Waals surface area contributed by atoms with Crippen molar-refractivity contribution in [1.29, 1.82) is 0 Å². The Morgan fingerprint density at radius 2 is 1.82 bits per heavy atom. The first-order chi connectivity index (χ1) is 8.04. The summed E-state index contributed by atoms with van der Waals surface area (Å²) in [5.41, 5.74) is 1.65. The normalized spacial score (nSPS) is 12.1. The lowest BCUT2D eigenvalue weighted by atomic mass is 9.88. The van der Waals surface area contributed by atoms with Gasteiger partial charge in [0.25, 0.3) is 0 Å². The number of nitrogens with zero attached hydrogens (tertiary/aromatic N) is 2. The van der Waals surface area contributed by atoms with Gasteiger partial charge in [-0.1, -0.05) is 26.7 Å². The van der Waals surface area contributed by atoms with E-state index < -0.39 is 5.60 Å². The molecule has 0 aliphatic carbocycles. The van der Waals surface area contributed by atoms with Gasteiger partial charge in [0, 0.05) is 18.7 Å². The molecule has 0 unspecified atom stereocenters. The molecular formula is C14H26N2O. The number of rotatable bonds is 7. The van der Waals surface area contributed by atoms with E-state index in [-0.39, 0.29) is 0 Å². The molecule has 0 amide bonds. The first kappa shape index (κ1) is 14.2. The van der Waals surface area contributed by atoms with Crippen molar-refractivity contribution in [2.45, 2.75) is 71.9 Å². The Labute approximate surface area is 105 Å². The highest BCUT2D eigenvalue weighted by atomic mass is 16.3. The highest BCUT2D eigenvalue weighted by Gasteiger charge is 2.26. The zero-order valence-electron chi connectivity index (χ0n) is 11.7. The lowest BCUT2D eigenvalue weighted by Crippen LogP contribution is -2.32. The second kappa shape index (κ2) is 6.20. The molecule has 0 fully saturated rings. The average Bonchev–Trinajstić information content (AvgIpc) is 2.58. The zero-order valence-corrected chi connectivity index (χ0v) is 11.7. The van der Waals surface area contributed by atoms with Crippen molar-refractivity contribution >= 4 is 0 Å². The van der Waals surface area contributed by atoms with Crippen LogP contribution in [0.25, 0.3) is 0 Å². The van der Waals surface area contributed by atoms with Gasteiger partial charge in [-0.2, -0.15) is 5.10 Å². The van der Waals surface area contributed by atoms with Crippen molar-refractivity contribution in [2.24, 2.45) is 0 Å². The minimum Gasteiger partial charge on any atom is -0.389 e. The lowest BCUT2D eigenvalue weighted by Gasteiger charge is -2.27. The Kier molecular flexibility index (Phi) is 5.19. The topological polar surface area (TPSA) is 38.1 Å². The highest BCUT2D eigenvalue weighted by molar-refractivity contribution is 5.11. The Morgan fingerprint density at radius 3 is 2.29 bits per heavy atom. The summed E-state index contributed by atoms with van der Waals surface area (Å²) in [6, 6.07) is 2.10. The molecule has 1 rings (SSSR count). The molecule has 1 heterocycles. The monoisotopic (exact) mass is 238 g/mol.